The molecule has 2 rings (SSSR count). The molecule has 2 aromatic rings. The van der Waals surface area contributed by atoms with Gasteiger partial charge in [-0.1, -0.05) is 6.07 Å². The number of anilines is 1. The maximum Gasteiger partial charge on any atom is 0.292 e. The molecule has 6 nitrogen and oxygen atoms in total. The van der Waals surface area contributed by atoms with Crippen molar-refractivity contribution in [3.63, 3.8) is 0 Å². The van der Waals surface area contributed by atoms with Gasteiger partial charge in [-0.05, 0) is 31.5 Å². The molecule has 1 aromatic carbocycles. The van der Waals surface area contributed by atoms with Crippen LogP contribution in [0.4, 0.5) is 11.4 Å². The normalized spacial score (nSPS) is 12.2. The topological polar surface area (TPSA) is 79.8 Å². The van der Waals surface area contributed by atoms with Crippen LogP contribution in [-0.2, 0) is 6.54 Å². The van der Waals surface area contributed by atoms with Crippen LogP contribution in [0.15, 0.2) is 34.9 Å². The van der Waals surface area contributed by atoms with Crippen LogP contribution in [0.25, 0.3) is 0 Å². The lowest BCUT2D eigenvalue weighted by molar-refractivity contribution is -0.384. The smallest absolute Gasteiger partial charge is 0.292 e. The molecule has 0 fully saturated rings. The Kier molecular flexibility index (Phi) is 4.28. The number of hydrogen-bond donors (Lipinski definition) is 1. The molecule has 1 atom stereocenters. The summed E-state index contributed by atoms with van der Waals surface area (Å²) in [6.07, 6.45) is 0.864. The number of aliphatic hydroxyl groups excluding tert-OH is 1. The fourth-order valence-electron chi connectivity index (χ4n) is 2.19. The van der Waals surface area contributed by atoms with Crippen molar-refractivity contribution in [3.05, 3.63) is 57.5 Å². The first-order chi connectivity index (χ1) is 9.90. The van der Waals surface area contributed by atoms with Gasteiger partial charge in [0.15, 0.2) is 0 Å². The van der Waals surface area contributed by atoms with Gasteiger partial charge in [-0.25, -0.2) is 0 Å². The molecule has 0 bridgehead atoms. The number of hydrogen-bond acceptors (Lipinski definition) is 5. The molecule has 0 aliphatic rings. The van der Waals surface area contributed by atoms with Gasteiger partial charge in [0.25, 0.3) is 5.69 Å². The molecule has 0 saturated heterocycles. The van der Waals surface area contributed by atoms with E-state index in [4.69, 9.17) is 4.42 Å². The van der Waals surface area contributed by atoms with Gasteiger partial charge in [0.1, 0.15) is 11.4 Å². The largest absolute Gasteiger partial charge is 0.469 e. The molecule has 0 radical (unpaired) electrons. The number of aryl methyl sites for hydroxylation is 1. The Hall–Kier alpha value is -2.34. The zero-order valence-corrected chi connectivity index (χ0v) is 12.2. The number of rotatable bonds is 5. The second-order valence-electron chi connectivity index (χ2n) is 5.04. The van der Waals surface area contributed by atoms with Crippen LogP contribution in [0.5, 0.6) is 0 Å². The molecule has 0 spiro atoms. The van der Waals surface area contributed by atoms with E-state index in [9.17, 15) is 15.2 Å². The van der Waals surface area contributed by atoms with E-state index in [1.54, 1.807) is 37.3 Å². The highest BCUT2D eigenvalue weighted by Crippen LogP contribution is 2.31. The molecule has 0 saturated carbocycles. The summed E-state index contributed by atoms with van der Waals surface area (Å²) in [6, 6.07) is 6.63. The van der Waals surface area contributed by atoms with E-state index in [0.717, 1.165) is 11.3 Å². The fraction of sp³-hybridized carbons (Fsp3) is 0.333. The van der Waals surface area contributed by atoms with Gasteiger partial charge in [0.05, 0.1) is 17.3 Å². The van der Waals surface area contributed by atoms with E-state index in [0.29, 0.717) is 17.8 Å². The first-order valence-corrected chi connectivity index (χ1v) is 6.60. The Balaban J connectivity index is 2.34. The van der Waals surface area contributed by atoms with Crippen molar-refractivity contribution in [1.29, 1.82) is 0 Å². The van der Waals surface area contributed by atoms with Crippen LogP contribution in [0.3, 0.4) is 0 Å². The maximum atomic E-state index is 11.2. The summed E-state index contributed by atoms with van der Waals surface area (Å²) in [5.41, 5.74) is 1.99. The van der Waals surface area contributed by atoms with Gasteiger partial charge >= 0.3 is 0 Å². The lowest BCUT2D eigenvalue weighted by Gasteiger charge is -2.19. The summed E-state index contributed by atoms with van der Waals surface area (Å²) in [6.45, 7) is 3.95. The molecule has 0 amide bonds. The van der Waals surface area contributed by atoms with Crippen LogP contribution in [0.2, 0.25) is 0 Å². The lowest BCUT2D eigenvalue weighted by Crippen LogP contribution is -2.18. The van der Waals surface area contributed by atoms with E-state index >= 15 is 0 Å². The Bertz CT molecular complexity index is 649. The van der Waals surface area contributed by atoms with Gasteiger partial charge in [-0.15, -0.1) is 0 Å². The summed E-state index contributed by atoms with van der Waals surface area (Å²) in [5.74, 6) is 0.796. The number of nitrogens with zero attached hydrogens (tertiary/aromatic N) is 2. The van der Waals surface area contributed by atoms with Crippen molar-refractivity contribution in [2.75, 3.05) is 11.9 Å². The molecular weight excluding hydrogens is 272 g/mol. The van der Waals surface area contributed by atoms with Crippen LogP contribution < -0.4 is 4.90 Å². The summed E-state index contributed by atoms with van der Waals surface area (Å²) >= 11 is 0. The second-order valence-corrected chi connectivity index (χ2v) is 5.04. The summed E-state index contributed by atoms with van der Waals surface area (Å²) < 4.78 is 5.24. The summed E-state index contributed by atoms with van der Waals surface area (Å²) in [7, 11) is 1.79. The van der Waals surface area contributed by atoms with Crippen molar-refractivity contribution in [3.8, 4) is 0 Å². The van der Waals surface area contributed by atoms with Crippen molar-refractivity contribution < 1.29 is 14.4 Å². The average Bonchev–Trinajstić information content (AvgIpc) is 2.83. The Labute approximate surface area is 122 Å². The van der Waals surface area contributed by atoms with Crippen LogP contribution in [0.1, 0.15) is 29.9 Å². The molecular formula is C15H18N2O4. The third-order valence-electron chi connectivity index (χ3n) is 3.46. The van der Waals surface area contributed by atoms with Crippen molar-refractivity contribution in [1.82, 2.24) is 0 Å². The SMILES string of the molecule is Cc1occc1CN(C)c1ccc([C@H](C)O)cc1[N+](=O)[O-]. The fourth-order valence-corrected chi connectivity index (χ4v) is 2.19. The van der Waals surface area contributed by atoms with Gasteiger partial charge in [0, 0.05) is 25.2 Å². The minimum atomic E-state index is -0.737. The van der Waals surface area contributed by atoms with Gasteiger partial charge in [-0.2, -0.15) is 0 Å². The highest BCUT2D eigenvalue weighted by molar-refractivity contribution is 5.64. The van der Waals surface area contributed by atoms with E-state index in [2.05, 4.69) is 0 Å². The third kappa shape index (κ3) is 3.22. The number of furan rings is 1. The first kappa shape index (κ1) is 15.1. The highest BCUT2D eigenvalue weighted by atomic mass is 16.6. The number of aliphatic hydroxyl groups is 1. The molecule has 21 heavy (non-hydrogen) atoms. The van der Waals surface area contributed by atoms with Gasteiger partial charge < -0.3 is 14.4 Å². The first-order valence-electron chi connectivity index (χ1n) is 6.60. The van der Waals surface area contributed by atoms with Crippen molar-refractivity contribution in [2.24, 2.45) is 0 Å². The zero-order valence-electron chi connectivity index (χ0n) is 12.2. The highest BCUT2D eigenvalue weighted by Gasteiger charge is 2.20. The molecule has 1 aromatic heterocycles. The zero-order chi connectivity index (χ0) is 15.6. The minimum Gasteiger partial charge on any atom is -0.469 e. The molecule has 0 aliphatic carbocycles. The third-order valence-corrected chi connectivity index (χ3v) is 3.46. The molecule has 1 N–H and O–H groups in total. The van der Waals surface area contributed by atoms with Crippen molar-refractivity contribution >= 4 is 11.4 Å². The quantitative estimate of drug-likeness (QED) is 0.675. The number of nitro groups is 1. The Morgan fingerprint density at radius 3 is 2.67 bits per heavy atom. The van der Waals surface area contributed by atoms with Gasteiger partial charge in [0.2, 0.25) is 0 Å². The van der Waals surface area contributed by atoms with E-state index in [1.165, 1.54) is 6.07 Å². The minimum absolute atomic E-state index is 0.0166. The number of nitro benzene ring substituents is 1. The molecule has 6 heteroatoms. The summed E-state index contributed by atoms with van der Waals surface area (Å²) in [4.78, 5) is 12.6. The monoisotopic (exact) mass is 290 g/mol. The molecule has 0 aliphatic heterocycles. The van der Waals surface area contributed by atoms with Crippen LogP contribution in [0, 0.1) is 17.0 Å². The Morgan fingerprint density at radius 2 is 2.14 bits per heavy atom. The molecule has 112 valence electrons. The average molecular weight is 290 g/mol. The van der Waals surface area contributed by atoms with Gasteiger partial charge in [-0.3, -0.25) is 10.1 Å². The molecule has 1 heterocycles. The standard InChI is InChI=1S/C15H18N2O4/c1-10(18)12-4-5-14(15(8-12)17(19)20)16(3)9-13-6-7-21-11(13)2/h4-8,10,18H,9H2,1-3H3/t10-/m0/s1. The Morgan fingerprint density at radius 1 is 1.43 bits per heavy atom. The second kappa shape index (κ2) is 5.97. The van der Waals surface area contributed by atoms with E-state index in [1.807, 2.05) is 13.0 Å². The lowest BCUT2D eigenvalue weighted by atomic mass is 10.1. The van der Waals surface area contributed by atoms with Crippen LogP contribution in [-0.4, -0.2) is 17.1 Å². The van der Waals surface area contributed by atoms with E-state index in [-0.39, 0.29) is 5.69 Å². The summed E-state index contributed by atoms with van der Waals surface area (Å²) in [5, 5.41) is 20.8. The van der Waals surface area contributed by atoms with Crippen molar-refractivity contribution in [2.45, 2.75) is 26.5 Å². The van der Waals surface area contributed by atoms with E-state index < -0.39 is 11.0 Å². The predicted octanol–water partition coefficient (Wildman–Crippen LogP) is 3.19. The number of benzene rings is 1. The van der Waals surface area contributed by atoms with Crippen LogP contribution >= 0.6 is 0 Å². The maximum absolute atomic E-state index is 11.2. The molecule has 0 unspecified atom stereocenters. The predicted molar refractivity (Wildman–Crippen MR) is 79.3 cm³/mol.